The Morgan fingerprint density at radius 3 is 2.75 bits per heavy atom. The second kappa shape index (κ2) is 5.10. The highest BCUT2D eigenvalue weighted by atomic mass is 16.1. The van der Waals surface area contributed by atoms with E-state index in [1.54, 1.807) is 23.0 Å². The molecule has 0 unspecified atom stereocenters. The van der Waals surface area contributed by atoms with Gasteiger partial charge >= 0.3 is 0 Å². The van der Waals surface area contributed by atoms with Crippen molar-refractivity contribution < 1.29 is 0 Å². The van der Waals surface area contributed by atoms with Crippen molar-refractivity contribution in [1.29, 1.82) is 0 Å². The number of para-hydroxylation sites is 1. The Balaban J connectivity index is 2.02. The van der Waals surface area contributed by atoms with Crippen molar-refractivity contribution in [2.75, 3.05) is 5.43 Å². The summed E-state index contributed by atoms with van der Waals surface area (Å²) in [7, 11) is 0. The van der Waals surface area contributed by atoms with Gasteiger partial charge in [-0.2, -0.15) is 5.10 Å². The first-order chi connectivity index (χ1) is 9.78. The molecule has 0 fully saturated rings. The fraction of sp³-hybridized carbons (Fsp3) is 0.0714. The predicted molar refractivity (Wildman–Crippen MR) is 77.2 cm³/mol. The van der Waals surface area contributed by atoms with Gasteiger partial charge in [0.2, 0.25) is 5.43 Å². The van der Waals surface area contributed by atoms with Crippen molar-refractivity contribution >= 4 is 16.7 Å². The van der Waals surface area contributed by atoms with Crippen molar-refractivity contribution in [2.45, 2.75) is 6.54 Å². The van der Waals surface area contributed by atoms with E-state index in [1.165, 1.54) is 6.20 Å². The third-order valence-electron chi connectivity index (χ3n) is 3.07. The number of aromatic nitrogens is 3. The maximum Gasteiger partial charge on any atom is 0.207 e. The summed E-state index contributed by atoms with van der Waals surface area (Å²) in [4.78, 5) is 15.9. The van der Waals surface area contributed by atoms with Crippen LogP contribution < -0.4 is 16.7 Å². The van der Waals surface area contributed by atoms with E-state index in [-0.39, 0.29) is 5.43 Å². The molecule has 3 rings (SSSR count). The third kappa shape index (κ3) is 2.24. The molecule has 100 valence electrons. The van der Waals surface area contributed by atoms with Crippen LogP contribution in [0.1, 0.15) is 5.56 Å². The van der Waals surface area contributed by atoms with Crippen molar-refractivity contribution in [3.63, 3.8) is 0 Å². The van der Waals surface area contributed by atoms with Gasteiger partial charge in [-0.25, -0.2) is 10.8 Å². The molecule has 0 saturated carbocycles. The molecule has 20 heavy (non-hydrogen) atoms. The molecule has 2 aromatic heterocycles. The zero-order valence-electron chi connectivity index (χ0n) is 10.7. The number of rotatable bonds is 3. The molecule has 0 spiro atoms. The number of pyridine rings is 1. The number of nitrogens with two attached hydrogens (primary N) is 1. The number of hydrogen-bond donors (Lipinski definition) is 2. The molecule has 3 N–H and O–H groups in total. The maximum absolute atomic E-state index is 11.8. The quantitative estimate of drug-likeness (QED) is 0.548. The molecule has 0 amide bonds. The van der Waals surface area contributed by atoms with Gasteiger partial charge in [0.25, 0.3) is 0 Å². The van der Waals surface area contributed by atoms with E-state index >= 15 is 0 Å². The maximum atomic E-state index is 11.8. The molecule has 3 aromatic rings. The van der Waals surface area contributed by atoms with Crippen LogP contribution in [-0.4, -0.2) is 14.8 Å². The Hall–Kier alpha value is -2.73. The molecule has 1 aromatic carbocycles. The lowest BCUT2D eigenvalue weighted by Crippen LogP contribution is -2.13. The van der Waals surface area contributed by atoms with E-state index in [4.69, 9.17) is 5.84 Å². The zero-order valence-corrected chi connectivity index (χ0v) is 10.7. The first-order valence-corrected chi connectivity index (χ1v) is 6.14. The Morgan fingerprint density at radius 2 is 2.00 bits per heavy atom. The second-order valence-electron chi connectivity index (χ2n) is 4.38. The highest BCUT2D eigenvalue weighted by Crippen LogP contribution is 2.11. The zero-order chi connectivity index (χ0) is 13.9. The summed E-state index contributed by atoms with van der Waals surface area (Å²) in [5.41, 5.74) is 4.19. The lowest BCUT2D eigenvalue weighted by atomic mass is 10.2. The number of nitrogens with zero attached hydrogens (tertiary/aromatic N) is 3. The number of hydrogen-bond acceptors (Lipinski definition) is 5. The highest BCUT2D eigenvalue weighted by Gasteiger charge is 2.04. The second-order valence-corrected chi connectivity index (χ2v) is 4.38. The molecule has 2 heterocycles. The number of nitrogens with one attached hydrogen (secondary N) is 1. The summed E-state index contributed by atoms with van der Waals surface area (Å²) in [6.07, 6.45) is 3.06. The minimum atomic E-state index is -0.0716. The van der Waals surface area contributed by atoms with E-state index in [0.717, 1.165) is 11.1 Å². The normalized spacial score (nSPS) is 10.7. The van der Waals surface area contributed by atoms with Crippen LogP contribution in [0, 0.1) is 0 Å². The molecule has 0 aliphatic heterocycles. The van der Waals surface area contributed by atoms with E-state index < -0.39 is 0 Å². The largest absolute Gasteiger partial charge is 0.308 e. The first-order valence-electron chi connectivity index (χ1n) is 6.14. The molecule has 0 saturated heterocycles. The third-order valence-corrected chi connectivity index (χ3v) is 3.07. The standard InChI is InChI=1S/C14H13N5O/c15-18-14-6-5-10(7-16-14)9-19-12-4-2-1-3-11(12)13(20)8-17-19/h1-8H,9,15H2,(H,16,18). The number of fused-ring (bicyclic) bond motifs is 1. The van der Waals surface area contributed by atoms with Crippen LogP contribution in [-0.2, 0) is 6.54 Å². The summed E-state index contributed by atoms with van der Waals surface area (Å²) in [6.45, 7) is 0.540. The summed E-state index contributed by atoms with van der Waals surface area (Å²) in [6, 6.07) is 11.1. The lowest BCUT2D eigenvalue weighted by Gasteiger charge is -2.09. The van der Waals surface area contributed by atoms with Crippen molar-refractivity contribution in [2.24, 2.45) is 5.84 Å². The number of anilines is 1. The topological polar surface area (TPSA) is 85.8 Å². The molecular weight excluding hydrogens is 254 g/mol. The highest BCUT2D eigenvalue weighted by molar-refractivity contribution is 5.77. The smallest absolute Gasteiger partial charge is 0.207 e. The van der Waals surface area contributed by atoms with Gasteiger partial charge in [-0.15, -0.1) is 0 Å². The Bertz CT molecular complexity index is 795. The average molecular weight is 267 g/mol. The summed E-state index contributed by atoms with van der Waals surface area (Å²) >= 11 is 0. The van der Waals surface area contributed by atoms with Gasteiger partial charge in [0, 0.05) is 11.6 Å². The molecule has 0 aliphatic rings. The van der Waals surface area contributed by atoms with Crippen molar-refractivity contribution in [3.05, 3.63) is 64.6 Å². The minimum absolute atomic E-state index is 0.0716. The Morgan fingerprint density at radius 1 is 1.15 bits per heavy atom. The Labute approximate surface area is 114 Å². The number of benzene rings is 1. The first kappa shape index (κ1) is 12.3. The Kier molecular flexibility index (Phi) is 3.14. The molecule has 0 atom stereocenters. The fourth-order valence-corrected chi connectivity index (χ4v) is 2.06. The van der Waals surface area contributed by atoms with Crippen LogP contribution in [0.2, 0.25) is 0 Å². The average Bonchev–Trinajstić information content (AvgIpc) is 2.51. The molecule has 6 nitrogen and oxygen atoms in total. The van der Waals surface area contributed by atoms with Crippen molar-refractivity contribution in [3.8, 4) is 0 Å². The van der Waals surface area contributed by atoms with Gasteiger partial charge < -0.3 is 5.43 Å². The van der Waals surface area contributed by atoms with Gasteiger partial charge in [-0.3, -0.25) is 9.48 Å². The fourth-order valence-electron chi connectivity index (χ4n) is 2.06. The van der Waals surface area contributed by atoms with E-state index in [9.17, 15) is 4.79 Å². The van der Waals surface area contributed by atoms with E-state index in [2.05, 4.69) is 15.5 Å². The van der Waals surface area contributed by atoms with Gasteiger partial charge in [-0.1, -0.05) is 18.2 Å². The van der Waals surface area contributed by atoms with Gasteiger partial charge in [0.05, 0.1) is 18.3 Å². The van der Waals surface area contributed by atoms with Crippen molar-refractivity contribution in [1.82, 2.24) is 14.8 Å². The van der Waals surface area contributed by atoms with E-state index in [0.29, 0.717) is 17.7 Å². The number of hydrazine groups is 1. The van der Waals surface area contributed by atoms with Gasteiger partial charge in [0.1, 0.15) is 5.82 Å². The lowest BCUT2D eigenvalue weighted by molar-refractivity contribution is 0.693. The number of nitrogen functional groups attached to an aromatic ring is 1. The summed E-state index contributed by atoms with van der Waals surface area (Å²) in [5.74, 6) is 5.88. The SMILES string of the molecule is NNc1ccc(Cn2ncc(=O)c3ccccc32)cn1. The van der Waals surface area contributed by atoms with Crippen LogP contribution in [0.25, 0.3) is 10.9 Å². The van der Waals surface area contributed by atoms with Crippen LogP contribution in [0.4, 0.5) is 5.82 Å². The monoisotopic (exact) mass is 267 g/mol. The molecule has 0 bridgehead atoms. The predicted octanol–water partition coefficient (Wildman–Crippen LogP) is 1.13. The van der Waals surface area contributed by atoms with Gasteiger partial charge in [-0.05, 0) is 23.8 Å². The molecule has 0 aliphatic carbocycles. The van der Waals surface area contributed by atoms with Crippen LogP contribution in [0.3, 0.4) is 0 Å². The molecule has 0 radical (unpaired) electrons. The van der Waals surface area contributed by atoms with E-state index in [1.807, 2.05) is 24.3 Å². The summed E-state index contributed by atoms with van der Waals surface area (Å²) in [5, 5.41) is 4.84. The van der Waals surface area contributed by atoms with Crippen LogP contribution >= 0.6 is 0 Å². The molecular formula is C14H13N5O. The van der Waals surface area contributed by atoms with Crippen LogP contribution in [0.15, 0.2) is 53.6 Å². The van der Waals surface area contributed by atoms with Gasteiger partial charge in [0.15, 0.2) is 0 Å². The van der Waals surface area contributed by atoms with Crippen LogP contribution in [0.5, 0.6) is 0 Å². The summed E-state index contributed by atoms with van der Waals surface area (Å²) < 4.78 is 1.78. The molecule has 6 heteroatoms. The minimum Gasteiger partial charge on any atom is -0.308 e.